The Hall–Kier alpha value is -1.91. The highest BCUT2D eigenvalue weighted by Gasteiger charge is 2.30. The summed E-state index contributed by atoms with van der Waals surface area (Å²) in [6.45, 7) is 1.70. The SMILES string of the molecule is Cn1c(=NC(=O)C2CCCN(S(C)(=O)=O)C2)sc2cc3c(cc21)OCCO3. The second-order valence-electron chi connectivity index (χ2n) is 6.82. The van der Waals surface area contributed by atoms with E-state index in [1.807, 2.05) is 23.7 Å². The maximum absolute atomic E-state index is 12.7. The second-order valence-corrected chi connectivity index (χ2v) is 9.81. The number of hydrogen-bond donors (Lipinski definition) is 0. The van der Waals surface area contributed by atoms with Gasteiger partial charge in [-0.05, 0) is 12.8 Å². The molecule has 8 nitrogen and oxygen atoms in total. The molecule has 10 heteroatoms. The molecular weight excluding hydrogens is 390 g/mol. The van der Waals surface area contributed by atoms with Crippen LogP contribution in [-0.4, -0.2) is 55.8 Å². The predicted molar refractivity (Wildman–Crippen MR) is 101 cm³/mol. The van der Waals surface area contributed by atoms with Gasteiger partial charge in [0, 0.05) is 32.3 Å². The first-order valence-electron chi connectivity index (χ1n) is 8.76. The molecule has 2 aromatic rings. The van der Waals surface area contributed by atoms with Gasteiger partial charge in [0.2, 0.25) is 10.0 Å². The first kappa shape index (κ1) is 18.5. The van der Waals surface area contributed by atoms with Crippen molar-refractivity contribution in [1.82, 2.24) is 8.87 Å². The topological polar surface area (TPSA) is 90.2 Å². The van der Waals surface area contributed by atoms with Crippen molar-refractivity contribution in [2.75, 3.05) is 32.6 Å². The molecule has 0 spiro atoms. The van der Waals surface area contributed by atoms with E-state index < -0.39 is 15.9 Å². The van der Waals surface area contributed by atoms with Crippen LogP contribution < -0.4 is 14.3 Å². The minimum atomic E-state index is -3.29. The van der Waals surface area contributed by atoms with E-state index >= 15 is 0 Å². The van der Waals surface area contributed by atoms with Gasteiger partial charge in [-0.15, -0.1) is 0 Å². The fourth-order valence-corrected chi connectivity index (χ4v) is 5.35. The van der Waals surface area contributed by atoms with Crippen molar-refractivity contribution in [3.05, 3.63) is 16.9 Å². The normalized spacial score (nSPS) is 21.6. The predicted octanol–water partition coefficient (Wildman–Crippen LogP) is 1.11. The number of aryl methyl sites for hydroxylation is 1. The molecule has 1 aromatic heterocycles. The van der Waals surface area contributed by atoms with E-state index in [2.05, 4.69) is 4.99 Å². The van der Waals surface area contributed by atoms with E-state index in [4.69, 9.17) is 9.47 Å². The molecule has 27 heavy (non-hydrogen) atoms. The van der Waals surface area contributed by atoms with Crippen molar-refractivity contribution in [3.63, 3.8) is 0 Å². The van der Waals surface area contributed by atoms with E-state index in [1.165, 1.54) is 21.9 Å². The number of aromatic nitrogens is 1. The lowest BCUT2D eigenvalue weighted by atomic mass is 9.99. The maximum Gasteiger partial charge on any atom is 0.252 e. The van der Waals surface area contributed by atoms with Gasteiger partial charge in [0.15, 0.2) is 16.3 Å². The molecule has 1 unspecified atom stereocenters. The number of fused-ring (bicyclic) bond motifs is 2. The molecule has 1 saturated heterocycles. The minimum absolute atomic E-state index is 0.200. The zero-order valence-corrected chi connectivity index (χ0v) is 16.8. The van der Waals surface area contributed by atoms with Crippen LogP contribution in [0.25, 0.3) is 10.2 Å². The Kier molecular flexibility index (Phi) is 4.73. The van der Waals surface area contributed by atoms with Crippen LogP contribution in [0.1, 0.15) is 12.8 Å². The van der Waals surface area contributed by atoms with Crippen LogP contribution in [0.15, 0.2) is 17.1 Å². The summed E-state index contributed by atoms with van der Waals surface area (Å²) in [5.41, 5.74) is 0.914. The third-order valence-corrected chi connectivity index (χ3v) is 7.25. The first-order valence-corrected chi connectivity index (χ1v) is 11.4. The summed E-state index contributed by atoms with van der Waals surface area (Å²) in [6.07, 6.45) is 2.49. The lowest BCUT2D eigenvalue weighted by Crippen LogP contribution is -2.41. The summed E-state index contributed by atoms with van der Waals surface area (Å²) in [5, 5.41) is 0. The zero-order chi connectivity index (χ0) is 19.2. The number of ether oxygens (including phenoxy) is 2. The molecule has 0 radical (unpaired) electrons. The Bertz CT molecular complexity index is 1070. The quantitative estimate of drug-likeness (QED) is 0.738. The van der Waals surface area contributed by atoms with Crippen molar-refractivity contribution in [2.45, 2.75) is 12.8 Å². The summed E-state index contributed by atoms with van der Waals surface area (Å²) in [5.74, 6) is 0.710. The number of nitrogens with zero attached hydrogens (tertiary/aromatic N) is 3. The van der Waals surface area contributed by atoms with Gasteiger partial charge in [-0.3, -0.25) is 4.79 Å². The van der Waals surface area contributed by atoms with Crippen LogP contribution in [0.3, 0.4) is 0 Å². The molecule has 3 heterocycles. The van der Waals surface area contributed by atoms with E-state index in [1.54, 1.807) is 0 Å². The van der Waals surface area contributed by atoms with Gasteiger partial charge < -0.3 is 14.0 Å². The van der Waals surface area contributed by atoms with Gasteiger partial charge in [0.05, 0.1) is 22.4 Å². The van der Waals surface area contributed by atoms with E-state index in [9.17, 15) is 13.2 Å². The van der Waals surface area contributed by atoms with E-state index in [0.717, 1.165) is 10.2 Å². The molecule has 1 amide bonds. The van der Waals surface area contributed by atoms with E-state index in [0.29, 0.717) is 48.9 Å². The summed E-state index contributed by atoms with van der Waals surface area (Å²) in [6, 6.07) is 3.81. The molecule has 0 aliphatic carbocycles. The lowest BCUT2D eigenvalue weighted by Gasteiger charge is -2.28. The standard InChI is InChI=1S/C17H21N3O5S2/c1-19-12-8-13-14(25-7-6-24-13)9-15(12)26-17(19)18-16(21)11-4-3-5-20(10-11)27(2,22)23/h8-9,11H,3-7,10H2,1-2H3. The summed E-state index contributed by atoms with van der Waals surface area (Å²) >= 11 is 1.40. The Morgan fingerprint density at radius 1 is 1.26 bits per heavy atom. The number of hydrogen-bond acceptors (Lipinski definition) is 6. The monoisotopic (exact) mass is 411 g/mol. The van der Waals surface area contributed by atoms with Crippen molar-refractivity contribution >= 4 is 37.5 Å². The third kappa shape index (κ3) is 3.61. The summed E-state index contributed by atoms with van der Waals surface area (Å²) in [7, 11) is -1.44. The number of piperidine rings is 1. The molecular formula is C17H21N3O5S2. The molecule has 4 rings (SSSR count). The van der Waals surface area contributed by atoms with Crippen LogP contribution >= 0.6 is 11.3 Å². The van der Waals surface area contributed by atoms with Gasteiger partial charge in [-0.25, -0.2) is 12.7 Å². The second kappa shape index (κ2) is 6.92. The number of carbonyl (C=O) groups excluding carboxylic acids is 1. The Morgan fingerprint density at radius 3 is 2.67 bits per heavy atom. The van der Waals surface area contributed by atoms with Crippen LogP contribution in [0.5, 0.6) is 11.5 Å². The highest BCUT2D eigenvalue weighted by molar-refractivity contribution is 7.88. The largest absolute Gasteiger partial charge is 0.486 e. The highest BCUT2D eigenvalue weighted by Crippen LogP contribution is 2.35. The van der Waals surface area contributed by atoms with Gasteiger partial charge >= 0.3 is 0 Å². The molecule has 2 aliphatic rings. The van der Waals surface area contributed by atoms with Crippen molar-refractivity contribution < 1.29 is 22.7 Å². The van der Waals surface area contributed by atoms with Gasteiger partial charge in [-0.2, -0.15) is 4.99 Å². The number of sulfonamides is 1. The average Bonchev–Trinajstić information content (AvgIpc) is 2.94. The molecule has 146 valence electrons. The molecule has 1 aromatic carbocycles. The van der Waals surface area contributed by atoms with Crippen molar-refractivity contribution in [2.24, 2.45) is 18.0 Å². The summed E-state index contributed by atoms with van der Waals surface area (Å²) < 4.78 is 38.9. The van der Waals surface area contributed by atoms with Gasteiger partial charge in [0.25, 0.3) is 5.91 Å². The van der Waals surface area contributed by atoms with Gasteiger partial charge in [0.1, 0.15) is 13.2 Å². The molecule has 2 aliphatic heterocycles. The zero-order valence-electron chi connectivity index (χ0n) is 15.2. The highest BCUT2D eigenvalue weighted by atomic mass is 32.2. The number of amides is 1. The van der Waals surface area contributed by atoms with Crippen molar-refractivity contribution in [3.8, 4) is 11.5 Å². The van der Waals surface area contributed by atoms with Crippen LogP contribution in [0.4, 0.5) is 0 Å². The molecule has 1 fully saturated rings. The first-order chi connectivity index (χ1) is 12.8. The third-order valence-electron chi connectivity index (χ3n) is 4.88. The smallest absolute Gasteiger partial charge is 0.252 e. The Morgan fingerprint density at radius 2 is 1.96 bits per heavy atom. The number of rotatable bonds is 2. The minimum Gasteiger partial charge on any atom is -0.486 e. The Labute approximate surface area is 161 Å². The van der Waals surface area contributed by atoms with Crippen LogP contribution in [0, 0.1) is 5.92 Å². The van der Waals surface area contributed by atoms with E-state index in [-0.39, 0.29) is 12.5 Å². The Balaban J connectivity index is 1.66. The molecule has 1 atom stereocenters. The van der Waals surface area contributed by atoms with Crippen LogP contribution in [0.2, 0.25) is 0 Å². The fourth-order valence-electron chi connectivity index (χ4n) is 3.40. The maximum atomic E-state index is 12.7. The molecule has 0 bridgehead atoms. The number of thiazole rings is 1. The number of benzene rings is 1. The van der Waals surface area contributed by atoms with Crippen molar-refractivity contribution in [1.29, 1.82) is 0 Å². The fraction of sp³-hybridized carbons (Fsp3) is 0.529. The number of carbonyl (C=O) groups is 1. The lowest BCUT2D eigenvalue weighted by molar-refractivity contribution is -0.122. The van der Waals surface area contributed by atoms with Crippen LogP contribution in [-0.2, 0) is 21.9 Å². The van der Waals surface area contributed by atoms with Gasteiger partial charge in [-0.1, -0.05) is 11.3 Å². The molecule has 0 saturated carbocycles. The molecule has 0 N–H and O–H groups in total. The summed E-state index contributed by atoms with van der Waals surface area (Å²) in [4.78, 5) is 17.6. The average molecular weight is 412 g/mol.